The number of H-pyrrole nitrogens is 1. The largest absolute Gasteiger partial charge is 0.360 e. The van der Waals surface area contributed by atoms with E-state index in [-0.39, 0.29) is 5.82 Å². The zero-order valence-electron chi connectivity index (χ0n) is 13.9. The normalized spacial score (nSPS) is 16.8. The van der Waals surface area contributed by atoms with Crippen molar-refractivity contribution in [1.82, 2.24) is 13.6 Å². The number of fused-ring (bicyclic) bond motifs is 1. The fourth-order valence-electron chi connectivity index (χ4n) is 3.18. The molecular formula is C17H22FN3O2S. The molecule has 0 amide bonds. The predicted octanol–water partition coefficient (Wildman–Crippen LogP) is 2.98. The first-order chi connectivity index (χ1) is 11.5. The van der Waals surface area contributed by atoms with Gasteiger partial charge in [0.1, 0.15) is 5.82 Å². The van der Waals surface area contributed by atoms with Crippen LogP contribution in [0, 0.1) is 5.82 Å². The number of rotatable bonds is 5. The second-order valence-electron chi connectivity index (χ2n) is 5.82. The summed E-state index contributed by atoms with van der Waals surface area (Å²) in [5, 5.41) is 0.961. The van der Waals surface area contributed by atoms with E-state index in [0.29, 0.717) is 32.6 Å². The van der Waals surface area contributed by atoms with Crippen LogP contribution < -0.4 is 0 Å². The highest BCUT2D eigenvalue weighted by molar-refractivity contribution is 7.86. The Hall–Kier alpha value is -1.70. The van der Waals surface area contributed by atoms with Crippen LogP contribution in [0.25, 0.3) is 16.5 Å². The zero-order valence-corrected chi connectivity index (χ0v) is 14.7. The van der Waals surface area contributed by atoms with E-state index in [2.05, 4.69) is 4.98 Å². The maximum Gasteiger partial charge on any atom is 0.282 e. The molecule has 1 aliphatic heterocycles. The van der Waals surface area contributed by atoms with Gasteiger partial charge in [0.2, 0.25) is 0 Å². The average molecular weight is 351 g/mol. The summed E-state index contributed by atoms with van der Waals surface area (Å²) in [6.07, 6.45) is 4.46. The molecule has 0 saturated heterocycles. The molecule has 0 atom stereocenters. The van der Waals surface area contributed by atoms with E-state index >= 15 is 0 Å². The molecule has 5 nitrogen and oxygen atoms in total. The molecular weight excluding hydrogens is 329 g/mol. The molecule has 0 unspecified atom stereocenters. The lowest BCUT2D eigenvalue weighted by molar-refractivity contribution is 0.363. The molecule has 0 aliphatic carbocycles. The molecule has 0 radical (unpaired) electrons. The lowest BCUT2D eigenvalue weighted by Crippen LogP contribution is -2.45. The summed E-state index contributed by atoms with van der Waals surface area (Å²) in [7, 11) is -3.40. The van der Waals surface area contributed by atoms with Crippen LogP contribution in [0.5, 0.6) is 0 Å². The van der Waals surface area contributed by atoms with Crippen LogP contribution in [0.3, 0.4) is 0 Å². The molecule has 2 heterocycles. The average Bonchev–Trinajstić information content (AvgIpc) is 2.98. The fourth-order valence-corrected chi connectivity index (χ4v) is 4.75. The van der Waals surface area contributed by atoms with Crippen LogP contribution in [0.15, 0.2) is 30.5 Å². The highest BCUT2D eigenvalue weighted by Gasteiger charge is 2.29. The van der Waals surface area contributed by atoms with Gasteiger partial charge in [-0.1, -0.05) is 19.9 Å². The van der Waals surface area contributed by atoms with Crippen LogP contribution >= 0.6 is 0 Å². The Balaban J connectivity index is 1.85. The lowest BCUT2D eigenvalue weighted by Gasteiger charge is -2.30. The van der Waals surface area contributed by atoms with E-state index in [1.54, 1.807) is 6.07 Å². The Morgan fingerprint density at radius 3 is 2.67 bits per heavy atom. The third kappa shape index (κ3) is 2.99. The van der Waals surface area contributed by atoms with E-state index in [9.17, 15) is 12.8 Å². The summed E-state index contributed by atoms with van der Waals surface area (Å²) in [5.41, 5.74) is 2.87. The van der Waals surface area contributed by atoms with Gasteiger partial charge in [0, 0.05) is 48.8 Å². The molecule has 24 heavy (non-hydrogen) atoms. The van der Waals surface area contributed by atoms with Gasteiger partial charge < -0.3 is 4.98 Å². The minimum atomic E-state index is -3.40. The van der Waals surface area contributed by atoms with E-state index in [1.807, 2.05) is 26.1 Å². The molecule has 1 N–H and O–H groups in total. The van der Waals surface area contributed by atoms with Crippen molar-refractivity contribution < 1.29 is 12.8 Å². The van der Waals surface area contributed by atoms with Crippen LogP contribution in [0.4, 0.5) is 4.39 Å². The van der Waals surface area contributed by atoms with Gasteiger partial charge in [0.25, 0.3) is 10.2 Å². The first kappa shape index (κ1) is 17.1. The number of hydrogen-bond acceptors (Lipinski definition) is 2. The van der Waals surface area contributed by atoms with Crippen LogP contribution in [0.1, 0.15) is 25.8 Å². The number of hydrogen-bond donors (Lipinski definition) is 1. The molecule has 1 aliphatic rings. The Kier molecular flexibility index (Phi) is 4.76. The summed E-state index contributed by atoms with van der Waals surface area (Å²) in [5.74, 6) is -0.273. The van der Waals surface area contributed by atoms with E-state index < -0.39 is 10.2 Å². The monoisotopic (exact) mass is 351 g/mol. The Morgan fingerprint density at radius 2 is 2.04 bits per heavy atom. The van der Waals surface area contributed by atoms with Gasteiger partial charge in [-0.15, -0.1) is 0 Å². The highest BCUT2D eigenvalue weighted by Crippen LogP contribution is 2.30. The molecule has 0 spiro atoms. The van der Waals surface area contributed by atoms with Crippen molar-refractivity contribution in [2.45, 2.75) is 20.3 Å². The van der Waals surface area contributed by atoms with Crippen molar-refractivity contribution >= 4 is 26.7 Å². The van der Waals surface area contributed by atoms with Crippen molar-refractivity contribution in [2.24, 2.45) is 0 Å². The van der Waals surface area contributed by atoms with Crippen molar-refractivity contribution in [3.8, 4) is 0 Å². The number of nitrogens with zero attached hydrogens (tertiary/aromatic N) is 2. The van der Waals surface area contributed by atoms with Crippen LogP contribution in [0.2, 0.25) is 0 Å². The number of aromatic amines is 1. The quantitative estimate of drug-likeness (QED) is 0.900. The van der Waals surface area contributed by atoms with Gasteiger partial charge in [-0.3, -0.25) is 0 Å². The summed E-state index contributed by atoms with van der Waals surface area (Å²) >= 11 is 0. The standard InChI is InChI=1S/C17H22FN3O2S/c1-3-20(4-2)24(22,23)21-9-7-13(8-10-21)16-12-19-17-11-14(18)5-6-15(16)17/h5-7,11-12,19H,3-4,8-10H2,1-2H3. The molecule has 1 aromatic carbocycles. The molecule has 0 bridgehead atoms. The maximum absolute atomic E-state index is 13.3. The maximum atomic E-state index is 13.3. The minimum absolute atomic E-state index is 0.273. The first-order valence-corrected chi connectivity index (χ1v) is 9.58. The summed E-state index contributed by atoms with van der Waals surface area (Å²) in [6.45, 7) is 5.45. The Bertz CT molecular complexity index is 869. The fraction of sp³-hybridized carbons (Fsp3) is 0.412. The van der Waals surface area contributed by atoms with Crippen molar-refractivity contribution in [2.75, 3.05) is 26.2 Å². The smallest absolute Gasteiger partial charge is 0.282 e. The molecule has 3 rings (SSSR count). The van der Waals surface area contributed by atoms with Gasteiger partial charge in [0.05, 0.1) is 0 Å². The number of benzene rings is 1. The molecule has 0 saturated carbocycles. The topological polar surface area (TPSA) is 56.4 Å². The van der Waals surface area contributed by atoms with Gasteiger partial charge >= 0.3 is 0 Å². The van der Waals surface area contributed by atoms with Crippen molar-refractivity contribution in [3.05, 3.63) is 41.9 Å². The third-order valence-corrected chi connectivity index (χ3v) is 6.67. The molecule has 1 aromatic heterocycles. The molecule has 7 heteroatoms. The number of aromatic nitrogens is 1. The molecule has 0 fully saturated rings. The van der Waals surface area contributed by atoms with Crippen LogP contribution in [-0.4, -0.2) is 48.2 Å². The SMILES string of the molecule is CCN(CC)S(=O)(=O)N1CC=C(c2c[nH]c3cc(F)ccc23)CC1. The van der Waals surface area contributed by atoms with Gasteiger partial charge in [0.15, 0.2) is 0 Å². The van der Waals surface area contributed by atoms with Gasteiger partial charge in [-0.2, -0.15) is 17.0 Å². The Labute approximate surface area is 141 Å². The number of halogens is 1. The van der Waals surface area contributed by atoms with E-state index in [4.69, 9.17) is 0 Å². The van der Waals surface area contributed by atoms with E-state index in [0.717, 1.165) is 22.0 Å². The number of nitrogens with one attached hydrogen (secondary N) is 1. The van der Waals surface area contributed by atoms with Gasteiger partial charge in [-0.05, 0) is 30.2 Å². The van der Waals surface area contributed by atoms with Crippen molar-refractivity contribution in [1.29, 1.82) is 0 Å². The van der Waals surface area contributed by atoms with Crippen LogP contribution in [-0.2, 0) is 10.2 Å². The summed E-state index contributed by atoms with van der Waals surface area (Å²) < 4.78 is 41.4. The minimum Gasteiger partial charge on any atom is -0.360 e. The zero-order chi connectivity index (χ0) is 17.3. The lowest BCUT2D eigenvalue weighted by atomic mass is 10.00. The summed E-state index contributed by atoms with van der Waals surface area (Å²) in [6, 6.07) is 4.68. The van der Waals surface area contributed by atoms with Gasteiger partial charge in [-0.25, -0.2) is 4.39 Å². The van der Waals surface area contributed by atoms with E-state index in [1.165, 1.54) is 20.7 Å². The summed E-state index contributed by atoms with van der Waals surface area (Å²) in [4.78, 5) is 3.08. The first-order valence-electron chi connectivity index (χ1n) is 8.18. The Morgan fingerprint density at radius 1 is 1.29 bits per heavy atom. The molecule has 130 valence electrons. The predicted molar refractivity (Wildman–Crippen MR) is 94.3 cm³/mol. The highest BCUT2D eigenvalue weighted by atomic mass is 32.2. The molecule has 2 aromatic rings. The third-order valence-electron chi connectivity index (χ3n) is 4.52. The second kappa shape index (κ2) is 6.66. The van der Waals surface area contributed by atoms with Crippen molar-refractivity contribution in [3.63, 3.8) is 0 Å². The second-order valence-corrected chi connectivity index (χ2v) is 7.75.